The summed E-state index contributed by atoms with van der Waals surface area (Å²) in [7, 11) is 0. The molecule has 0 amide bonds. The zero-order valence-electron chi connectivity index (χ0n) is 12.2. The van der Waals surface area contributed by atoms with Crippen LogP contribution >= 0.6 is 11.3 Å². The lowest BCUT2D eigenvalue weighted by atomic mass is 10.1. The first-order valence-electron chi connectivity index (χ1n) is 7.69. The second kappa shape index (κ2) is 5.42. The lowest BCUT2D eigenvalue weighted by Gasteiger charge is -2.24. The third kappa shape index (κ3) is 2.36. The number of fused-ring (bicyclic) bond motifs is 1. The molecule has 0 radical (unpaired) electrons. The first-order valence-corrected chi connectivity index (χ1v) is 8.57. The molecular formula is C15H20N4OS. The number of aromatic nitrogens is 2. The van der Waals surface area contributed by atoms with E-state index in [1.54, 1.807) is 11.3 Å². The van der Waals surface area contributed by atoms with Gasteiger partial charge in [-0.25, -0.2) is 0 Å². The van der Waals surface area contributed by atoms with E-state index in [0.717, 1.165) is 42.7 Å². The van der Waals surface area contributed by atoms with Crippen molar-refractivity contribution in [2.75, 3.05) is 18.0 Å². The van der Waals surface area contributed by atoms with Crippen LogP contribution < -0.4 is 4.90 Å². The topological polar surface area (TPSA) is 45.4 Å². The predicted octanol–water partition coefficient (Wildman–Crippen LogP) is 2.55. The SMILES string of the molecule is CCc1ccc(CN2CC[C@@H]3[C@H]2CCN3c2nncs2)o1. The molecule has 4 rings (SSSR count). The van der Waals surface area contributed by atoms with Gasteiger partial charge in [0.1, 0.15) is 17.0 Å². The van der Waals surface area contributed by atoms with Gasteiger partial charge in [-0.15, -0.1) is 10.2 Å². The Morgan fingerprint density at radius 2 is 2.10 bits per heavy atom. The maximum atomic E-state index is 5.87. The Morgan fingerprint density at radius 1 is 1.24 bits per heavy atom. The molecule has 6 heteroatoms. The van der Waals surface area contributed by atoms with E-state index in [1.807, 2.05) is 5.51 Å². The number of nitrogens with zero attached hydrogens (tertiary/aromatic N) is 4. The number of anilines is 1. The van der Waals surface area contributed by atoms with Gasteiger partial charge in [0.15, 0.2) is 0 Å². The Hall–Kier alpha value is -1.40. The summed E-state index contributed by atoms with van der Waals surface area (Å²) in [5.74, 6) is 2.18. The average molecular weight is 304 g/mol. The standard InChI is InChI=1S/C15H20N4OS/c1-2-11-3-4-12(20-11)9-18-7-5-14-13(18)6-8-19(14)15-17-16-10-21-15/h3-4,10,13-14H,2,5-9H2,1H3/t13-,14-/m1/s1. The summed E-state index contributed by atoms with van der Waals surface area (Å²) in [6.45, 7) is 5.31. The summed E-state index contributed by atoms with van der Waals surface area (Å²) in [4.78, 5) is 5.02. The van der Waals surface area contributed by atoms with Crippen molar-refractivity contribution in [1.29, 1.82) is 0 Å². The summed E-state index contributed by atoms with van der Waals surface area (Å²) in [5, 5.41) is 9.30. The van der Waals surface area contributed by atoms with Gasteiger partial charge in [0.2, 0.25) is 5.13 Å². The predicted molar refractivity (Wildman–Crippen MR) is 82.6 cm³/mol. The Labute approximate surface area is 128 Å². The van der Waals surface area contributed by atoms with E-state index in [0.29, 0.717) is 12.1 Å². The van der Waals surface area contributed by atoms with Crippen LogP contribution in [0.15, 0.2) is 22.1 Å². The Bertz CT molecular complexity index is 597. The molecule has 2 atom stereocenters. The highest BCUT2D eigenvalue weighted by molar-refractivity contribution is 7.13. The fraction of sp³-hybridized carbons (Fsp3) is 0.600. The second-order valence-electron chi connectivity index (χ2n) is 5.82. The number of hydrogen-bond acceptors (Lipinski definition) is 6. The number of rotatable bonds is 4. The monoisotopic (exact) mass is 304 g/mol. The molecule has 21 heavy (non-hydrogen) atoms. The molecule has 2 aromatic heterocycles. The van der Waals surface area contributed by atoms with Gasteiger partial charge in [-0.1, -0.05) is 18.3 Å². The van der Waals surface area contributed by atoms with Gasteiger partial charge >= 0.3 is 0 Å². The van der Waals surface area contributed by atoms with Crippen molar-refractivity contribution < 1.29 is 4.42 Å². The molecule has 0 N–H and O–H groups in total. The van der Waals surface area contributed by atoms with Crippen LogP contribution in [0.2, 0.25) is 0 Å². The summed E-state index contributed by atoms with van der Waals surface area (Å²) in [6.07, 6.45) is 3.40. The smallest absolute Gasteiger partial charge is 0.208 e. The molecule has 2 aromatic rings. The molecule has 0 bridgehead atoms. The van der Waals surface area contributed by atoms with Gasteiger partial charge in [0.25, 0.3) is 0 Å². The number of aryl methyl sites for hydroxylation is 1. The molecule has 0 aliphatic carbocycles. The zero-order chi connectivity index (χ0) is 14.2. The molecular weight excluding hydrogens is 284 g/mol. The number of likely N-dealkylation sites (tertiary alicyclic amines) is 1. The molecule has 0 spiro atoms. The maximum absolute atomic E-state index is 5.87. The van der Waals surface area contributed by atoms with Crippen LogP contribution in [-0.2, 0) is 13.0 Å². The second-order valence-corrected chi connectivity index (χ2v) is 6.63. The minimum Gasteiger partial charge on any atom is -0.465 e. The van der Waals surface area contributed by atoms with E-state index >= 15 is 0 Å². The molecule has 2 aliphatic heterocycles. The highest BCUT2D eigenvalue weighted by Crippen LogP contribution is 2.36. The molecule has 0 saturated carbocycles. The third-order valence-corrected chi connectivity index (χ3v) is 5.44. The summed E-state index contributed by atoms with van der Waals surface area (Å²) >= 11 is 1.65. The maximum Gasteiger partial charge on any atom is 0.208 e. The van der Waals surface area contributed by atoms with Crippen LogP contribution in [0, 0.1) is 0 Å². The first-order chi connectivity index (χ1) is 10.3. The largest absolute Gasteiger partial charge is 0.465 e. The van der Waals surface area contributed by atoms with Gasteiger partial charge in [0, 0.05) is 31.6 Å². The van der Waals surface area contributed by atoms with Gasteiger partial charge in [0.05, 0.1) is 6.54 Å². The van der Waals surface area contributed by atoms with E-state index < -0.39 is 0 Å². The molecule has 2 fully saturated rings. The number of furan rings is 1. The number of hydrogen-bond donors (Lipinski definition) is 0. The molecule has 2 saturated heterocycles. The Balaban J connectivity index is 1.46. The zero-order valence-corrected chi connectivity index (χ0v) is 13.1. The molecule has 4 heterocycles. The van der Waals surface area contributed by atoms with Crippen LogP contribution in [0.5, 0.6) is 0 Å². The molecule has 0 aromatic carbocycles. The minimum atomic E-state index is 0.596. The quantitative estimate of drug-likeness (QED) is 0.868. The molecule has 2 aliphatic rings. The first kappa shape index (κ1) is 13.3. The Kier molecular flexibility index (Phi) is 3.43. The molecule has 112 valence electrons. The van der Waals surface area contributed by atoms with Crippen molar-refractivity contribution in [1.82, 2.24) is 15.1 Å². The highest BCUT2D eigenvalue weighted by Gasteiger charge is 2.43. The van der Waals surface area contributed by atoms with Crippen LogP contribution in [0.4, 0.5) is 5.13 Å². The van der Waals surface area contributed by atoms with Crippen LogP contribution in [0.3, 0.4) is 0 Å². The third-order valence-electron chi connectivity index (χ3n) is 4.71. The van der Waals surface area contributed by atoms with Gasteiger partial charge < -0.3 is 9.32 Å². The summed E-state index contributed by atoms with van der Waals surface area (Å²) < 4.78 is 5.87. The minimum absolute atomic E-state index is 0.596. The van der Waals surface area contributed by atoms with Crippen molar-refractivity contribution in [2.24, 2.45) is 0 Å². The average Bonchev–Trinajstić information content (AvgIpc) is 3.25. The van der Waals surface area contributed by atoms with E-state index in [-0.39, 0.29) is 0 Å². The summed E-state index contributed by atoms with van der Waals surface area (Å²) in [5.41, 5.74) is 1.82. The molecule has 0 unspecified atom stereocenters. The normalized spacial score (nSPS) is 25.7. The van der Waals surface area contributed by atoms with E-state index in [2.05, 4.69) is 39.1 Å². The van der Waals surface area contributed by atoms with E-state index in [1.165, 1.54) is 12.8 Å². The van der Waals surface area contributed by atoms with Gasteiger partial charge in [-0.2, -0.15) is 0 Å². The van der Waals surface area contributed by atoms with Crippen LogP contribution in [0.1, 0.15) is 31.3 Å². The van der Waals surface area contributed by atoms with E-state index in [4.69, 9.17) is 4.42 Å². The Morgan fingerprint density at radius 3 is 2.86 bits per heavy atom. The van der Waals surface area contributed by atoms with E-state index in [9.17, 15) is 0 Å². The van der Waals surface area contributed by atoms with Crippen molar-refractivity contribution in [3.05, 3.63) is 29.2 Å². The van der Waals surface area contributed by atoms with Crippen molar-refractivity contribution in [3.8, 4) is 0 Å². The van der Waals surface area contributed by atoms with Crippen molar-refractivity contribution in [3.63, 3.8) is 0 Å². The fourth-order valence-electron chi connectivity index (χ4n) is 3.70. The lowest BCUT2D eigenvalue weighted by molar-refractivity contribution is 0.224. The van der Waals surface area contributed by atoms with Crippen molar-refractivity contribution in [2.45, 2.75) is 44.8 Å². The molecule has 5 nitrogen and oxygen atoms in total. The van der Waals surface area contributed by atoms with Crippen molar-refractivity contribution >= 4 is 16.5 Å². The van der Waals surface area contributed by atoms with Gasteiger partial charge in [-0.05, 0) is 25.0 Å². The lowest BCUT2D eigenvalue weighted by Crippen LogP contribution is -2.36. The van der Waals surface area contributed by atoms with Crippen LogP contribution in [0.25, 0.3) is 0 Å². The summed E-state index contributed by atoms with van der Waals surface area (Å²) in [6, 6.07) is 5.46. The van der Waals surface area contributed by atoms with Gasteiger partial charge in [-0.3, -0.25) is 4.90 Å². The van der Waals surface area contributed by atoms with Crippen LogP contribution in [-0.4, -0.2) is 40.3 Å². The fourth-order valence-corrected chi connectivity index (χ4v) is 4.34. The highest BCUT2D eigenvalue weighted by atomic mass is 32.1.